The van der Waals surface area contributed by atoms with Gasteiger partial charge >= 0.3 is 0 Å². The minimum Gasteiger partial charge on any atom is -0.353 e. The number of amides is 1. The second-order valence-electron chi connectivity index (χ2n) is 6.42. The van der Waals surface area contributed by atoms with E-state index < -0.39 is 0 Å². The van der Waals surface area contributed by atoms with Gasteiger partial charge < -0.3 is 5.32 Å². The predicted molar refractivity (Wildman–Crippen MR) is 81.8 cm³/mol. The highest BCUT2D eigenvalue weighted by Gasteiger charge is 2.22. The molecule has 0 bridgehead atoms. The summed E-state index contributed by atoms with van der Waals surface area (Å²) in [5.41, 5.74) is 2.78. The van der Waals surface area contributed by atoms with Gasteiger partial charge in [0.05, 0.1) is 0 Å². The normalized spacial score (nSPS) is 19.8. The molecule has 1 N–H and O–H groups in total. The van der Waals surface area contributed by atoms with Crippen LogP contribution in [0, 0.1) is 0 Å². The Labute approximate surface area is 122 Å². The number of hydrogen-bond acceptors (Lipinski definition) is 1. The monoisotopic (exact) mass is 271 g/mol. The third-order valence-electron chi connectivity index (χ3n) is 4.64. The van der Waals surface area contributed by atoms with Crippen molar-refractivity contribution in [2.75, 3.05) is 0 Å². The molecule has 2 nitrogen and oxygen atoms in total. The fourth-order valence-corrected chi connectivity index (χ4v) is 3.18. The van der Waals surface area contributed by atoms with E-state index in [1.165, 1.54) is 56.1 Å². The highest BCUT2D eigenvalue weighted by Crippen LogP contribution is 2.32. The lowest BCUT2D eigenvalue weighted by molar-refractivity contribution is -0.121. The molecule has 2 aliphatic carbocycles. The van der Waals surface area contributed by atoms with Crippen molar-refractivity contribution in [1.29, 1.82) is 0 Å². The summed E-state index contributed by atoms with van der Waals surface area (Å²) in [4.78, 5) is 11.7. The Balaban J connectivity index is 1.48. The first-order chi connectivity index (χ1) is 9.81. The Morgan fingerprint density at radius 3 is 2.35 bits per heavy atom. The molecule has 0 atom stereocenters. The maximum absolute atomic E-state index is 11.7. The van der Waals surface area contributed by atoms with Crippen LogP contribution in [0.25, 0.3) is 0 Å². The molecule has 2 fully saturated rings. The Kier molecular flexibility index (Phi) is 4.39. The van der Waals surface area contributed by atoms with E-state index in [1.54, 1.807) is 0 Å². The minimum atomic E-state index is 0.212. The van der Waals surface area contributed by atoms with Crippen molar-refractivity contribution in [2.24, 2.45) is 0 Å². The van der Waals surface area contributed by atoms with Crippen LogP contribution in [0.5, 0.6) is 0 Å². The minimum absolute atomic E-state index is 0.212. The number of benzene rings is 1. The van der Waals surface area contributed by atoms with Crippen molar-refractivity contribution in [3.63, 3.8) is 0 Å². The molecule has 0 unspecified atom stereocenters. The molecule has 0 aliphatic heterocycles. The zero-order valence-corrected chi connectivity index (χ0v) is 12.2. The van der Waals surface area contributed by atoms with Crippen LogP contribution in [0.4, 0.5) is 0 Å². The molecule has 2 saturated carbocycles. The number of nitrogens with one attached hydrogen (secondary N) is 1. The van der Waals surface area contributed by atoms with Crippen molar-refractivity contribution in [2.45, 2.75) is 69.7 Å². The molecule has 3 rings (SSSR count). The van der Waals surface area contributed by atoms with Crippen LogP contribution >= 0.6 is 0 Å². The van der Waals surface area contributed by atoms with Crippen molar-refractivity contribution >= 4 is 5.91 Å². The first-order valence-corrected chi connectivity index (χ1v) is 8.19. The Hall–Kier alpha value is -1.31. The van der Waals surface area contributed by atoms with Gasteiger partial charge in [-0.05, 0) is 49.1 Å². The highest BCUT2D eigenvalue weighted by molar-refractivity contribution is 5.76. The van der Waals surface area contributed by atoms with Gasteiger partial charge in [0.2, 0.25) is 5.91 Å². The largest absolute Gasteiger partial charge is 0.353 e. The standard InChI is InChI=1S/C18H25NO/c20-18(19-17-11-12-17)13-8-14-6-9-16(10-7-14)15-4-2-1-3-5-15/h6-7,9-10,15,17H,1-5,8,11-13H2,(H,19,20). The summed E-state index contributed by atoms with van der Waals surface area (Å²) < 4.78 is 0. The summed E-state index contributed by atoms with van der Waals surface area (Å²) in [5.74, 6) is 0.986. The third kappa shape index (κ3) is 3.84. The van der Waals surface area contributed by atoms with E-state index in [-0.39, 0.29) is 5.91 Å². The van der Waals surface area contributed by atoms with Crippen LogP contribution in [0.1, 0.15) is 68.4 Å². The summed E-state index contributed by atoms with van der Waals surface area (Å²) in [7, 11) is 0. The second-order valence-corrected chi connectivity index (χ2v) is 6.42. The maximum atomic E-state index is 11.7. The number of rotatable bonds is 5. The number of aryl methyl sites for hydroxylation is 1. The summed E-state index contributed by atoms with van der Waals surface area (Å²) in [5, 5.41) is 3.05. The smallest absolute Gasteiger partial charge is 0.220 e. The fraction of sp³-hybridized carbons (Fsp3) is 0.611. The number of hydrogen-bond donors (Lipinski definition) is 1. The van der Waals surface area contributed by atoms with Crippen molar-refractivity contribution in [3.05, 3.63) is 35.4 Å². The molecule has 0 aromatic heterocycles. The number of carbonyl (C=O) groups excluding carboxylic acids is 1. The van der Waals surface area contributed by atoms with Gasteiger partial charge in [-0.3, -0.25) is 4.79 Å². The first kappa shape index (κ1) is 13.7. The molecule has 0 heterocycles. The molecule has 0 spiro atoms. The zero-order chi connectivity index (χ0) is 13.8. The van der Waals surface area contributed by atoms with Gasteiger partial charge in [0.15, 0.2) is 0 Å². The van der Waals surface area contributed by atoms with E-state index in [0.717, 1.165) is 12.3 Å². The van der Waals surface area contributed by atoms with Crippen LogP contribution in [0.15, 0.2) is 24.3 Å². The molecule has 0 saturated heterocycles. The lowest BCUT2D eigenvalue weighted by Crippen LogP contribution is -2.25. The van der Waals surface area contributed by atoms with E-state index >= 15 is 0 Å². The van der Waals surface area contributed by atoms with E-state index in [2.05, 4.69) is 29.6 Å². The lowest BCUT2D eigenvalue weighted by atomic mass is 9.84. The van der Waals surface area contributed by atoms with Crippen molar-refractivity contribution in [3.8, 4) is 0 Å². The summed E-state index contributed by atoms with van der Waals surface area (Å²) in [6.07, 6.45) is 10.7. The third-order valence-corrected chi connectivity index (χ3v) is 4.64. The summed E-state index contributed by atoms with van der Waals surface area (Å²) in [6, 6.07) is 9.48. The average molecular weight is 271 g/mol. The molecule has 0 radical (unpaired) electrons. The summed E-state index contributed by atoms with van der Waals surface area (Å²) in [6.45, 7) is 0. The molecule has 108 valence electrons. The SMILES string of the molecule is O=C(CCc1ccc(C2CCCCC2)cc1)NC1CC1. The van der Waals surface area contributed by atoms with E-state index in [1.807, 2.05) is 0 Å². The van der Waals surface area contributed by atoms with E-state index in [9.17, 15) is 4.79 Å². The molecule has 2 aliphatic rings. The van der Waals surface area contributed by atoms with E-state index in [0.29, 0.717) is 12.5 Å². The van der Waals surface area contributed by atoms with Crippen LogP contribution < -0.4 is 5.32 Å². The molecular formula is C18H25NO. The van der Waals surface area contributed by atoms with Crippen molar-refractivity contribution in [1.82, 2.24) is 5.32 Å². The zero-order valence-electron chi connectivity index (χ0n) is 12.2. The van der Waals surface area contributed by atoms with Crippen LogP contribution in [-0.4, -0.2) is 11.9 Å². The molecule has 2 heteroatoms. The molecular weight excluding hydrogens is 246 g/mol. The maximum Gasteiger partial charge on any atom is 0.220 e. The number of carbonyl (C=O) groups is 1. The second kappa shape index (κ2) is 6.43. The van der Waals surface area contributed by atoms with Gasteiger partial charge in [-0.15, -0.1) is 0 Å². The van der Waals surface area contributed by atoms with Crippen molar-refractivity contribution < 1.29 is 4.79 Å². The van der Waals surface area contributed by atoms with Crippen LogP contribution in [-0.2, 0) is 11.2 Å². The van der Waals surface area contributed by atoms with E-state index in [4.69, 9.17) is 0 Å². The average Bonchev–Trinajstić information content (AvgIpc) is 3.31. The molecule has 1 aromatic carbocycles. The molecule has 1 amide bonds. The van der Waals surface area contributed by atoms with Gasteiger partial charge in [-0.1, -0.05) is 43.5 Å². The van der Waals surface area contributed by atoms with Gasteiger partial charge in [-0.2, -0.15) is 0 Å². The topological polar surface area (TPSA) is 29.1 Å². The first-order valence-electron chi connectivity index (χ1n) is 8.19. The van der Waals surface area contributed by atoms with Crippen LogP contribution in [0.3, 0.4) is 0 Å². The summed E-state index contributed by atoms with van der Waals surface area (Å²) >= 11 is 0. The fourth-order valence-electron chi connectivity index (χ4n) is 3.18. The quantitative estimate of drug-likeness (QED) is 0.863. The Bertz CT molecular complexity index is 441. The van der Waals surface area contributed by atoms with Crippen LogP contribution in [0.2, 0.25) is 0 Å². The molecule has 1 aromatic rings. The lowest BCUT2D eigenvalue weighted by Gasteiger charge is -2.22. The van der Waals surface area contributed by atoms with Gasteiger partial charge in [-0.25, -0.2) is 0 Å². The van der Waals surface area contributed by atoms with Gasteiger partial charge in [0, 0.05) is 12.5 Å². The molecule has 20 heavy (non-hydrogen) atoms. The highest BCUT2D eigenvalue weighted by atomic mass is 16.1. The predicted octanol–water partition coefficient (Wildman–Crippen LogP) is 3.95. The van der Waals surface area contributed by atoms with Gasteiger partial charge in [0.25, 0.3) is 0 Å². The Morgan fingerprint density at radius 1 is 1.00 bits per heavy atom. The Morgan fingerprint density at radius 2 is 1.70 bits per heavy atom. The van der Waals surface area contributed by atoms with Gasteiger partial charge in [0.1, 0.15) is 0 Å².